The van der Waals surface area contributed by atoms with Crippen LogP contribution < -0.4 is 10.2 Å². The van der Waals surface area contributed by atoms with Crippen LogP contribution in [0.5, 0.6) is 0 Å². The van der Waals surface area contributed by atoms with Crippen LogP contribution in [0.15, 0.2) is 36.4 Å². The summed E-state index contributed by atoms with van der Waals surface area (Å²) in [6, 6.07) is 8.95. The summed E-state index contributed by atoms with van der Waals surface area (Å²) in [6.07, 6.45) is -0.0120. The monoisotopic (exact) mass is 371 g/mol. The van der Waals surface area contributed by atoms with Gasteiger partial charge in [0.25, 0.3) is 0 Å². The number of nitro groups is 1. The van der Waals surface area contributed by atoms with Gasteiger partial charge in [0.1, 0.15) is 0 Å². The predicted molar refractivity (Wildman–Crippen MR) is 98.1 cm³/mol. The quantitative estimate of drug-likeness (QED) is 0.659. The van der Waals surface area contributed by atoms with Gasteiger partial charge in [-0.25, -0.2) is 0 Å². The SMILES string of the molecule is Cc1ccc(C)c(NC(=O)C2CC(=O)N(c3ccc(F)c([N+](=O)[O-])c3)C2)c1. The van der Waals surface area contributed by atoms with Crippen molar-refractivity contribution in [2.24, 2.45) is 5.92 Å². The molecule has 0 saturated carbocycles. The minimum Gasteiger partial charge on any atom is -0.326 e. The third-order valence-electron chi connectivity index (χ3n) is 4.58. The van der Waals surface area contributed by atoms with Gasteiger partial charge in [0, 0.05) is 24.7 Å². The molecule has 2 aromatic rings. The molecular formula is C19H18FN3O4. The lowest BCUT2D eigenvalue weighted by Gasteiger charge is -2.17. The highest BCUT2D eigenvalue weighted by Gasteiger charge is 2.36. The Hall–Kier alpha value is -3.29. The number of halogens is 1. The van der Waals surface area contributed by atoms with Gasteiger partial charge in [0.2, 0.25) is 17.6 Å². The van der Waals surface area contributed by atoms with E-state index in [9.17, 15) is 24.1 Å². The van der Waals surface area contributed by atoms with Crippen molar-refractivity contribution in [3.05, 3.63) is 63.5 Å². The number of aryl methyl sites for hydroxylation is 2. The number of nitrogens with one attached hydrogen (secondary N) is 1. The van der Waals surface area contributed by atoms with Crippen molar-refractivity contribution in [1.29, 1.82) is 0 Å². The second kappa shape index (κ2) is 7.14. The fraction of sp³-hybridized carbons (Fsp3) is 0.263. The third kappa shape index (κ3) is 3.79. The van der Waals surface area contributed by atoms with Crippen molar-refractivity contribution in [1.82, 2.24) is 0 Å². The highest BCUT2D eigenvalue weighted by molar-refractivity contribution is 6.03. The van der Waals surface area contributed by atoms with Crippen LogP contribution >= 0.6 is 0 Å². The van der Waals surface area contributed by atoms with Crippen LogP contribution in [0.25, 0.3) is 0 Å². The molecule has 1 aliphatic heterocycles. The van der Waals surface area contributed by atoms with Gasteiger partial charge in [0.15, 0.2) is 0 Å². The van der Waals surface area contributed by atoms with Crippen LogP contribution in [0.1, 0.15) is 17.5 Å². The average Bonchev–Trinajstić information content (AvgIpc) is 3.00. The third-order valence-corrected chi connectivity index (χ3v) is 4.58. The Kier molecular flexibility index (Phi) is 4.89. The number of carbonyl (C=O) groups excluding carboxylic acids is 2. The number of carbonyl (C=O) groups is 2. The molecule has 27 heavy (non-hydrogen) atoms. The maximum atomic E-state index is 13.5. The maximum absolute atomic E-state index is 13.5. The zero-order valence-electron chi connectivity index (χ0n) is 14.9. The summed E-state index contributed by atoms with van der Waals surface area (Å²) in [5, 5.41) is 13.7. The molecule has 2 aromatic carbocycles. The molecule has 1 saturated heterocycles. The highest BCUT2D eigenvalue weighted by Crippen LogP contribution is 2.30. The van der Waals surface area contributed by atoms with Gasteiger partial charge in [-0.15, -0.1) is 0 Å². The molecule has 0 spiro atoms. The van der Waals surface area contributed by atoms with Gasteiger partial charge < -0.3 is 10.2 Å². The first kappa shape index (κ1) is 18.5. The number of nitrogens with zero attached hydrogens (tertiary/aromatic N) is 2. The highest BCUT2D eigenvalue weighted by atomic mass is 19.1. The summed E-state index contributed by atoms with van der Waals surface area (Å²) in [6.45, 7) is 3.87. The largest absolute Gasteiger partial charge is 0.326 e. The van der Waals surface area contributed by atoms with Crippen LogP contribution in [0.3, 0.4) is 0 Å². The molecule has 8 heteroatoms. The van der Waals surface area contributed by atoms with E-state index in [2.05, 4.69) is 5.32 Å². The van der Waals surface area contributed by atoms with E-state index < -0.39 is 22.3 Å². The normalized spacial score (nSPS) is 16.5. The summed E-state index contributed by atoms with van der Waals surface area (Å²) in [7, 11) is 0. The molecule has 3 rings (SSSR count). The number of benzene rings is 2. The molecule has 2 amide bonds. The molecule has 7 nitrogen and oxygen atoms in total. The Balaban J connectivity index is 1.77. The summed E-state index contributed by atoms with van der Waals surface area (Å²) >= 11 is 0. The van der Waals surface area contributed by atoms with Crippen molar-refractivity contribution in [3.8, 4) is 0 Å². The summed E-state index contributed by atoms with van der Waals surface area (Å²) in [4.78, 5) is 36.2. The molecule has 1 heterocycles. The lowest BCUT2D eigenvalue weighted by atomic mass is 10.1. The Morgan fingerprint density at radius 1 is 1.26 bits per heavy atom. The van der Waals surface area contributed by atoms with Gasteiger partial charge >= 0.3 is 5.69 Å². The molecule has 0 aliphatic carbocycles. The molecule has 140 valence electrons. The van der Waals surface area contributed by atoms with Crippen molar-refractivity contribution >= 4 is 28.9 Å². The summed E-state index contributed by atoms with van der Waals surface area (Å²) in [5.41, 5.74) is 2.09. The van der Waals surface area contributed by atoms with Gasteiger partial charge in [0.05, 0.1) is 16.5 Å². The van der Waals surface area contributed by atoms with Crippen LogP contribution in [0.2, 0.25) is 0 Å². The van der Waals surface area contributed by atoms with Crippen molar-refractivity contribution in [2.45, 2.75) is 20.3 Å². The summed E-state index contributed by atoms with van der Waals surface area (Å²) in [5.74, 6) is -2.20. The van der Waals surface area contributed by atoms with Gasteiger partial charge in [-0.2, -0.15) is 4.39 Å². The van der Waals surface area contributed by atoms with E-state index in [-0.39, 0.29) is 30.5 Å². The average molecular weight is 371 g/mol. The minimum atomic E-state index is -0.973. The molecule has 1 N–H and O–H groups in total. The fourth-order valence-electron chi connectivity index (χ4n) is 3.05. The fourth-order valence-corrected chi connectivity index (χ4v) is 3.05. The van der Waals surface area contributed by atoms with Crippen molar-refractivity contribution < 1.29 is 18.9 Å². The van der Waals surface area contributed by atoms with E-state index in [4.69, 9.17) is 0 Å². The van der Waals surface area contributed by atoms with E-state index in [0.29, 0.717) is 5.69 Å². The number of anilines is 2. The first-order valence-corrected chi connectivity index (χ1v) is 8.38. The number of hydrogen-bond acceptors (Lipinski definition) is 4. The zero-order chi connectivity index (χ0) is 19.7. The lowest BCUT2D eigenvalue weighted by molar-refractivity contribution is -0.387. The second-order valence-corrected chi connectivity index (χ2v) is 6.61. The Morgan fingerprint density at radius 3 is 2.70 bits per heavy atom. The smallest absolute Gasteiger partial charge is 0.306 e. The van der Waals surface area contributed by atoms with Crippen LogP contribution in [-0.2, 0) is 9.59 Å². The predicted octanol–water partition coefficient (Wildman–Crippen LogP) is 3.34. The van der Waals surface area contributed by atoms with E-state index in [0.717, 1.165) is 23.3 Å². The van der Waals surface area contributed by atoms with Gasteiger partial charge in [-0.05, 0) is 43.2 Å². The van der Waals surface area contributed by atoms with Gasteiger partial charge in [-0.3, -0.25) is 19.7 Å². The molecular weight excluding hydrogens is 353 g/mol. The van der Waals surface area contributed by atoms with E-state index >= 15 is 0 Å². The van der Waals surface area contributed by atoms with E-state index in [1.807, 2.05) is 32.0 Å². The molecule has 0 aromatic heterocycles. The van der Waals surface area contributed by atoms with Crippen LogP contribution in [0, 0.1) is 35.7 Å². The standard InChI is InChI=1S/C19H18FN3O4/c1-11-3-4-12(2)16(7-11)21-19(25)13-8-18(24)22(10-13)14-5-6-15(20)17(9-14)23(26)27/h3-7,9,13H,8,10H2,1-2H3,(H,21,25). The number of rotatable bonds is 4. The first-order valence-electron chi connectivity index (χ1n) is 8.38. The Bertz CT molecular complexity index is 945. The Morgan fingerprint density at radius 2 is 2.00 bits per heavy atom. The van der Waals surface area contributed by atoms with Crippen LogP contribution in [-0.4, -0.2) is 23.3 Å². The lowest BCUT2D eigenvalue weighted by Crippen LogP contribution is -2.28. The number of hydrogen-bond donors (Lipinski definition) is 1. The second-order valence-electron chi connectivity index (χ2n) is 6.61. The molecule has 1 aliphatic rings. The molecule has 0 radical (unpaired) electrons. The zero-order valence-corrected chi connectivity index (χ0v) is 14.9. The molecule has 1 unspecified atom stereocenters. The van der Waals surface area contributed by atoms with Crippen LogP contribution in [0.4, 0.5) is 21.5 Å². The number of amides is 2. The minimum absolute atomic E-state index is 0.0120. The van der Waals surface area contributed by atoms with E-state index in [1.54, 1.807) is 0 Å². The molecule has 1 atom stereocenters. The maximum Gasteiger partial charge on any atom is 0.306 e. The molecule has 0 bridgehead atoms. The summed E-state index contributed by atoms with van der Waals surface area (Å²) < 4.78 is 13.5. The first-order chi connectivity index (χ1) is 12.8. The van der Waals surface area contributed by atoms with Crippen molar-refractivity contribution in [3.63, 3.8) is 0 Å². The molecule has 1 fully saturated rings. The van der Waals surface area contributed by atoms with E-state index in [1.165, 1.54) is 11.0 Å². The van der Waals surface area contributed by atoms with Gasteiger partial charge in [-0.1, -0.05) is 12.1 Å². The number of nitro benzene ring substituents is 1. The Labute approximate surface area is 154 Å². The topological polar surface area (TPSA) is 92.6 Å². The van der Waals surface area contributed by atoms with Crippen molar-refractivity contribution in [2.75, 3.05) is 16.8 Å².